The van der Waals surface area contributed by atoms with Crippen molar-refractivity contribution in [2.45, 2.75) is 173 Å². The molecular weight excluding hydrogens is 1090 g/mol. The molecule has 9 atom stereocenters. The summed E-state index contributed by atoms with van der Waals surface area (Å²) in [4.78, 5) is 157. The first-order valence-electron chi connectivity index (χ1n) is 27.2. The highest BCUT2D eigenvalue weighted by Gasteiger charge is 2.37. The minimum absolute atomic E-state index is 0.0348. The van der Waals surface area contributed by atoms with Gasteiger partial charge in [0.1, 0.15) is 65.8 Å². The summed E-state index contributed by atoms with van der Waals surface area (Å²) in [5, 5.41) is 51.2. The molecule has 3 rings (SSSR count). The second kappa shape index (κ2) is 33.3. The van der Waals surface area contributed by atoms with Gasteiger partial charge in [-0.2, -0.15) is 0 Å². The number of aromatic nitrogens is 1. The number of benzene rings is 1. The average molecular weight is 1170 g/mol. The van der Waals surface area contributed by atoms with E-state index >= 15 is 0 Å². The molecule has 83 heavy (non-hydrogen) atoms. The molecule has 1 aliphatic heterocycles. The number of hydrogen-bond donors (Lipinski definition) is 14. The van der Waals surface area contributed by atoms with Gasteiger partial charge in [0, 0.05) is 33.0 Å². The van der Waals surface area contributed by atoms with Crippen LogP contribution in [0.4, 0.5) is 9.59 Å². The van der Waals surface area contributed by atoms with Gasteiger partial charge in [-0.3, -0.25) is 43.2 Å². The van der Waals surface area contributed by atoms with Crippen molar-refractivity contribution >= 4 is 73.3 Å². The molecule has 30 heteroatoms. The van der Waals surface area contributed by atoms with E-state index in [1.54, 1.807) is 85.7 Å². The fourth-order valence-corrected chi connectivity index (χ4v) is 7.97. The summed E-state index contributed by atoms with van der Waals surface area (Å²) in [6.45, 7) is 13.7. The Kier molecular flexibility index (Phi) is 27.8. The number of hydrogen-bond acceptors (Lipinski definition) is 18. The third kappa shape index (κ3) is 25.4. The van der Waals surface area contributed by atoms with E-state index in [0.29, 0.717) is 5.56 Å². The zero-order valence-electron chi connectivity index (χ0n) is 48.7. The zero-order valence-corrected chi connectivity index (χ0v) is 48.7. The van der Waals surface area contributed by atoms with Crippen LogP contribution in [0, 0.1) is 12.8 Å². The van der Waals surface area contributed by atoms with Crippen LogP contribution in [0.3, 0.4) is 0 Å². The number of carbonyl (C=O) groups excluding carboxylic acids is 11. The minimum atomic E-state index is -1.78. The molecule has 0 saturated carbocycles. The lowest BCUT2D eigenvalue weighted by Crippen LogP contribution is -2.61. The molecular formula is C53H82BN13O16. The fourth-order valence-electron chi connectivity index (χ4n) is 7.97. The first kappa shape index (κ1) is 69.4. The van der Waals surface area contributed by atoms with E-state index in [9.17, 15) is 63.0 Å². The topological polar surface area (TPSA) is 417 Å². The first-order valence-corrected chi connectivity index (χ1v) is 27.2. The predicted octanol–water partition coefficient (Wildman–Crippen LogP) is -2.45. The maximum atomic E-state index is 14.6. The monoisotopic (exact) mass is 1170 g/mol. The van der Waals surface area contributed by atoms with Crippen molar-refractivity contribution in [3.05, 3.63) is 53.7 Å². The molecule has 2 heterocycles. The fraction of sp³-hybridized carbons (Fsp3) is 0.623. The average Bonchev–Trinajstić information content (AvgIpc) is 3.85. The Morgan fingerprint density at radius 3 is 1.66 bits per heavy atom. The van der Waals surface area contributed by atoms with E-state index in [0.717, 1.165) is 13.2 Å². The summed E-state index contributed by atoms with van der Waals surface area (Å²) >= 11 is 0. The Bertz CT molecular complexity index is 2540. The number of nitrogens with one attached hydrogen (secondary N) is 12. The van der Waals surface area contributed by atoms with Gasteiger partial charge in [0.25, 0.3) is 5.91 Å². The molecule has 1 aromatic carbocycles. The highest BCUT2D eigenvalue weighted by molar-refractivity contribution is 6.04. The van der Waals surface area contributed by atoms with Crippen molar-refractivity contribution in [3.8, 4) is 0 Å². The van der Waals surface area contributed by atoms with Crippen LogP contribution in [0.5, 0.6) is 0 Å². The Hall–Kier alpha value is -7.86. The van der Waals surface area contributed by atoms with E-state index in [1.165, 1.54) is 6.92 Å². The third-order valence-electron chi connectivity index (χ3n) is 12.0. The van der Waals surface area contributed by atoms with Crippen molar-refractivity contribution in [2.75, 3.05) is 32.8 Å². The molecule has 1 aliphatic rings. The molecule has 1 fully saturated rings. The molecule has 29 nitrogen and oxygen atoms in total. The van der Waals surface area contributed by atoms with Gasteiger partial charge in [0.05, 0.1) is 12.7 Å². The maximum absolute atomic E-state index is 14.6. The Labute approximate surface area is 483 Å². The van der Waals surface area contributed by atoms with Crippen LogP contribution >= 0.6 is 0 Å². The van der Waals surface area contributed by atoms with E-state index in [1.807, 2.05) is 0 Å². The van der Waals surface area contributed by atoms with Crippen molar-refractivity contribution in [2.24, 2.45) is 5.92 Å². The lowest BCUT2D eigenvalue weighted by atomic mass is 10.00. The Morgan fingerprint density at radius 1 is 0.699 bits per heavy atom. The van der Waals surface area contributed by atoms with Crippen LogP contribution in [0.1, 0.15) is 116 Å². The third-order valence-corrected chi connectivity index (χ3v) is 12.0. The number of aliphatic hydroxyl groups excluding tert-OH is 2. The van der Waals surface area contributed by atoms with E-state index in [2.05, 4.69) is 68.7 Å². The van der Waals surface area contributed by atoms with Gasteiger partial charge in [-0.15, -0.1) is 0 Å². The summed E-state index contributed by atoms with van der Waals surface area (Å²) in [6, 6.07) is -4.32. The van der Waals surface area contributed by atoms with Gasteiger partial charge < -0.3 is 87.8 Å². The molecule has 2 aromatic rings. The van der Waals surface area contributed by atoms with E-state index in [-0.39, 0.29) is 69.2 Å². The highest BCUT2D eigenvalue weighted by Crippen LogP contribution is 2.13. The van der Waals surface area contributed by atoms with Crippen molar-refractivity contribution in [3.63, 3.8) is 0 Å². The first-order chi connectivity index (χ1) is 38.9. The maximum Gasteiger partial charge on any atom is 0.407 e. The van der Waals surface area contributed by atoms with Crippen LogP contribution in [0.2, 0.25) is 0 Å². The minimum Gasteiger partial charge on any atom is -0.448 e. The quantitative estimate of drug-likeness (QED) is 0.0649. The number of aliphatic hydroxyl groups is 2. The molecule has 14 N–H and O–H groups in total. The van der Waals surface area contributed by atoms with Crippen LogP contribution in [-0.4, -0.2) is 187 Å². The smallest absolute Gasteiger partial charge is 0.407 e. The van der Waals surface area contributed by atoms with Gasteiger partial charge in [-0.05, 0) is 98.6 Å². The summed E-state index contributed by atoms with van der Waals surface area (Å²) in [5.74, 6) is -9.11. The number of aryl methyl sites for hydroxylation is 1. The van der Waals surface area contributed by atoms with Gasteiger partial charge in [0.15, 0.2) is 19.6 Å². The predicted molar refractivity (Wildman–Crippen MR) is 298 cm³/mol. The second-order valence-electron chi connectivity index (χ2n) is 22.1. The molecule has 0 bridgehead atoms. The molecule has 11 amide bonds. The Morgan fingerprint density at radius 2 is 1.18 bits per heavy atom. The van der Waals surface area contributed by atoms with Crippen LogP contribution in [0.15, 0.2) is 41.0 Å². The van der Waals surface area contributed by atoms with Crippen LogP contribution in [-0.2, 0) is 54.3 Å². The van der Waals surface area contributed by atoms with Crippen LogP contribution in [0.25, 0.3) is 0 Å². The number of ether oxygens (including phenoxy) is 2. The lowest BCUT2D eigenvalue weighted by Gasteiger charge is -2.29. The SMILES string of the molecule is [B]NCC[C@@H]1NC(=O)[C@@H](NC(=O)[C@@H](CO)NC(=O)c2coc(C)n2)CCNC(=O)[C@H]([C@@H](C)O)NC(=O)[C@H](CCNC(=O)OC(C)(C)C)NC(=O)[C@H](CCNC(=O)OC(C)(C)C)NC(=O)[C@H](CC(C)C)NC(=O)[C@@H](Cc2ccccc2)NC1=O. The van der Waals surface area contributed by atoms with Crippen molar-refractivity contribution in [1.82, 2.24) is 68.7 Å². The molecule has 0 aliphatic carbocycles. The number of alkyl carbamates (subject to hydrolysis) is 2. The number of carbonyl (C=O) groups is 11. The normalized spacial score (nSPS) is 21.9. The summed E-state index contributed by atoms with van der Waals surface area (Å²) in [7, 11) is 5.61. The van der Waals surface area contributed by atoms with Gasteiger partial charge in [0.2, 0.25) is 47.3 Å². The summed E-state index contributed by atoms with van der Waals surface area (Å²) in [5.41, 5.74) is -1.52. The number of oxazole rings is 1. The van der Waals surface area contributed by atoms with Gasteiger partial charge >= 0.3 is 12.2 Å². The number of rotatable bonds is 19. The van der Waals surface area contributed by atoms with Crippen molar-refractivity contribution in [1.29, 1.82) is 0 Å². The molecule has 458 valence electrons. The summed E-state index contributed by atoms with van der Waals surface area (Å²) in [6.07, 6.45) is -4.00. The molecule has 0 unspecified atom stereocenters. The standard InChI is InChI=1S/C53H82BN13O16/c1-28(2)24-36-45(74)62-33(17-21-56-50(79)82-52(5,6)7)42(71)60-34(18-22-57-51(80)83-53(8,9)10)44(73)67-40(29(3)69)49(78)55-20-16-32(63-47(76)38(26-68)66-48(77)39-27-81-30(4)59-39)41(70)61-35(19-23-58-54)43(72)65-37(46(75)64-36)25-31-14-12-11-13-15-31/h11-15,27-29,32-38,40,58,68-69H,16-26H2,1-10H3,(H,55,78)(H,56,79)(H,57,80)(H,60,71)(H,61,70)(H,62,74)(H,63,76)(H,64,75)(H,65,72)(H,66,77)(H,67,73)/t29-,32+,33+,34+,35+,36+,37-,38-,40+/m1/s1. The van der Waals surface area contributed by atoms with E-state index in [4.69, 9.17) is 21.9 Å². The number of amides is 11. The van der Waals surface area contributed by atoms with Crippen molar-refractivity contribution < 1.29 is 76.8 Å². The molecule has 1 saturated heterocycles. The Balaban J connectivity index is 2.21. The molecule has 0 spiro atoms. The lowest BCUT2D eigenvalue weighted by molar-refractivity contribution is -0.136. The number of nitrogens with zero attached hydrogens (tertiary/aromatic N) is 1. The second-order valence-corrected chi connectivity index (χ2v) is 22.1. The van der Waals surface area contributed by atoms with E-state index < -0.39 is 151 Å². The zero-order chi connectivity index (χ0) is 62.2. The summed E-state index contributed by atoms with van der Waals surface area (Å²) < 4.78 is 15.7. The van der Waals surface area contributed by atoms with Gasteiger partial charge in [-0.1, -0.05) is 44.2 Å². The van der Waals surface area contributed by atoms with Crippen LogP contribution < -0.4 is 63.7 Å². The largest absolute Gasteiger partial charge is 0.448 e. The van der Waals surface area contributed by atoms with Gasteiger partial charge in [-0.25, -0.2) is 14.6 Å². The molecule has 2 radical (unpaired) electrons. The molecule has 1 aromatic heterocycles. The highest BCUT2D eigenvalue weighted by atomic mass is 16.6.